The zero-order chi connectivity index (χ0) is 17.8. The van der Waals surface area contributed by atoms with E-state index in [4.69, 9.17) is 4.74 Å². The van der Waals surface area contributed by atoms with E-state index in [1.165, 1.54) is 5.69 Å². The zero-order valence-corrected chi connectivity index (χ0v) is 15.6. The predicted octanol–water partition coefficient (Wildman–Crippen LogP) is 2.78. The number of hydrogen-bond acceptors (Lipinski definition) is 5. The first-order valence-corrected chi connectivity index (χ1v) is 9.07. The van der Waals surface area contributed by atoms with Crippen molar-refractivity contribution >= 4 is 5.69 Å². The molecule has 0 amide bonds. The van der Waals surface area contributed by atoms with Gasteiger partial charge in [0.2, 0.25) is 0 Å². The standard InChI is InChI=1S/C19H29N5O/c1-14(2)18(19-20-13-21-23(19)3)22-15-8-10-24(11-9-15)16-6-5-7-17(12-16)25-4/h5-7,12-15,18,22H,8-11H2,1-4H3/t18-/m0/s1. The van der Waals surface area contributed by atoms with Crippen LogP contribution in [0.5, 0.6) is 5.75 Å². The highest BCUT2D eigenvalue weighted by molar-refractivity contribution is 5.51. The Hall–Kier alpha value is -2.08. The number of rotatable bonds is 6. The van der Waals surface area contributed by atoms with Crippen molar-refractivity contribution < 1.29 is 4.74 Å². The lowest BCUT2D eigenvalue weighted by molar-refractivity contribution is 0.305. The van der Waals surface area contributed by atoms with Crippen LogP contribution < -0.4 is 15.0 Å². The Bertz CT molecular complexity index is 676. The molecule has 25 heavy (non-hydrogen) atoms. The van der Waals surface area contributed by atoms with E-state index in [1.54, 1.807) is 13.4 Å². The predicted molar refractivity (Wildman–Crippen MR) is 99.9 cm³/mol. The monoisotopic (exact) mass is 343 g/mol. The van der Waals surface area contributed by atoms with Crippen LogP contribution in [0, 0.1) is 5.92 Å². The van der Waals surface area contributed by atoms with E-state index in [1.807, 2.05) is 17.8 Å². The molecule has 2 aromatic rings. The summed E-state index contributed by atoms with van der Waals surface area (Å²) in [6, 6.07) is 9.07. The molecule has 1 aliphatic heterocycles. The fourth-order valence-corrected chi connectivity index (χ4v) is 3.52. The Morgan fingerprint density at radius 1 is 1.24 bits per heavy atom. The Morgan fingerprint density at radius 3 is 2.60 bits per heavy atom. The third kappa shape index (κ3) is 4.12. The third-order valence-electron chi connectivity index (χ3n) is 5.02. The summed E-state index contributed by atoms with van der Waals surface area (Å²) in [4.78, 5) is 6.89. The van der Waals surface area contributed by atoms with Crippen LogP contribution >= 0.6 is 0 Å². The largest absolute Gasteiger partial charge is 0.497 e. The molecule has 1 saturated heterocycles. The van der Waals surface area contributed by atoms with Gasteiger partial charge in [-0.1, -0.05) is 19.9 Å². The second kappa shape index (κ2) is 7.87. The normalized spacial score (nSPS) is 17.1. The molecule has 6 nitrogen and oxygen atoms in total. The van der Waals surface area contributed by atoms with Gasteiger partial charge < -0.3 is 15.0 Å². The van der Waals surface area contributed by atoms with Gasteiger partial charge in [-0.3, -0.25) is 4.68 Å². The molecule has 0 aliphatic carbocycles. The number of ether oxygens (including phenoxy) is 1. The maximum atomic E-state index is 5.34. The summed E-state index contributed by atoms with van der Waals surface area (Å²) in [6.45, 7) is 6.57. The van der Waals surface area contributed by atoms with Gasteiger partial charge in [0.25, 0.3) is 0 Å². The Morgan fingerprint density at radius 2 is 2.00 bits per heavy atom. The number of methoxy groups -OCH3 is 1. The van der Waals surface area contributed by atoms with Crippen LogP contribution in [-0.4, -0.2) is 41.0 Å². The molecule has 0 radical (unpaired) electrons. The molecule has 1 aromatic heterocycles. The minimum Gasteiger partial charge on any atom is -0.497 e. The van der Waals surface area contributed by atoms with Crippen molar-refractivity contribution in [2.75, 3.05) is 25.1 Å². The third-order valence-corrected chi connectivity index (χ3v) is 5.02. The lowest BCUT2D eigenvalue weighted by Gasteiger charge is -2.36. The molecule has 136 valence electrons. The van der Waals surface area contributed by atoms with Crippen LogP contribution in [0.2, 0.25) is 0 Å². The smallest absolute Gasteiger partial charge is 0.143 e. The fraction of sp³-hybridized carbons (Fsp3) is 0.579. The van der Waals surface area contributed by atoms with Crippen molar-refractivity contribution in [3.05, 3.63) is 36.4 Å². The number of piperidine rings is 1. The van der Waals surface area contributed by atoms with Crippen LogP contribution in [0.15, 0.2) is 30.6 Å². The van der Waals surface area contributed by atoms with Crippen molar-refractivity contribution in [1.82, 2.24) is 20.1 Å². The van der Waals surface area contributed by atoms with Gasteiger partial charge in [-0.15, -0.1) is 0 Å². The molecular formula is C19H29N5O. The van der Waals surface area contributed by atoms with E-state index in [0.29, 0.717) is 12.0 Å². The van der Waals surface area contributed by atoms with Crippen molar-refractivity contribution in [2.45, 2.75) is 38.8 Å². The van der Waals surface area contributed by atoms with E-state index >= 15 is 0 Å². The molecule has 2 heterocycles. The topological polar surface area (TPSA) is 55.2 Å². The molecule has 0 spiro atoms. The highest BCUT2D eigenvalue weighted by Gasteiger charge is 2.26. The minimum absolute atomic E-state index is 0.237. The summed E-state index contributed by atoms with van der Waals surface area (Å²) >= 11 is 0. The SMILES string of the molecule is COc1cccc(N2CCC(N[C@H](c3ncnn3C)C(C)C)CC2)c1. The Balaban J connectivity index is 1.60. The maximum Gasteiger partial charge on any atom is 0.143 e. The van der Waals surface area contributed by atoms with Crippen LogP contribution in [0.3, 0.4) is 0 Å². The number of nitrogens with one attached hydrogen (secondary N) is 1. The number of benzene rings is 1. The molecule has 0 bridgehead atoms. The summed E-state index contributed by atoms with van der Waals surface area (Å²) < 4.78 is 7.22. The van der Waals surface area contributed by atoms with Crippen LogP contribution in [-0.2, 0) is 7.05 Å². The van der Waals surface area contributed by atoms with Crippen LogP contribution in [0.25, 0.3) is 0 Å². The van der Waals surface area contributed by atoms with Crippen molar-refractivity contribution in [1.29, 1.82) is 0 Å². The fourth-order valence-electron chi connectivity index (χ4n) is 3.52. The molecular weight excluding hydrogens is 314 g/mol. The van der Waals surface area contributed by atoms with E-state index in [9.17, 15) is 0 Å². The maximum absolute atomic E-state index is 5.34. The number of aromatic nitrogens is 3. The first kappa shape index (κ1) is 17.7. The van der Waals surface area contributed by atoms with Gasteiger partial charge in [0.15, 0.2) is 0 Å². The summed E-state index contributed by atoms with van der Waals surface area (Å²) in [5.41, 5.74) is 1.24. The molecule has 0 unspecified atom stereocenters. The van der Waals surface area contributed by atoms with Crippen LogP contribution in [0.4, 0.5) is 5.69 Å². The summed E-state index contributed by atoms with van der Waals surface area (Å²) in [7, 11) is 3.68. The molecule has 1 atom stereocenters. The molecule has 6 heteroatoms. The first-order valence-electron chi connectivity index (χ1n) is 9.07. The first-order chi connectivity index (χ1) is 12.1. The van der Waals surface area contributed by atoms with Gasteiger partial charge in [-0.2, -0.15) is 5.10 Å². The molecule has 1 fully saturated rings. The van der Waals surface area contributed by atoms with Gasteiger partial charge in [0.1, 0.15) is 17.9 Å². The van der Waals surface area contributed by atoms with E-state index < -0.39 is 0 Å². The Kier molecular flexibility index (Phi) is 5.58. The molecule has 1 N–H and O–H groups in total. The second-order valence-corrected chi connectivity index (χ2v) is 7.09. The quantitative estimate of drug-likeness (QED) is 0.874. The van der Waals surface area contributed by atoms with E-state index in [0.717, 1.165) is 37.5 Å². The average molecular weight is 343 g/mol. The number of hydrogen-bond donors (Lipinski definition) is 1. The second-order valence-electron chi connectivity index (χ2n) is 7.09. The van der Waals surface area contributed by atoms with Gasteiger partial charge >= 0.3 is 0 Å². The molecule has 1 aromatic carbocycles. The Labute approximate surface area is 150 Å². The molecule has 1 aliphatic rings. The number of nitrogens with zero attached hydrogens (tertiary/aromatic N) is 4. The average Bonchev–Trinajstić information content (AvgIpc) is 3.05. The van der Waals surface area contributed by atoms with Gasteiger partial charge in [0.05, 0.1) is 13.2 Å². The summed E-state index contributed by atoms with van der Waals surface area (Å²) in [5, 5.41) is 8.05. The van der Waals surface area contributed by atoms with Crippen LogP contribution in [0.1, 0.15) is 38.6 Å². The van der Waals surface area contributed by atoms with E-state index in [2.05, 4.69) is 52.3 Å². The highest BCUT2D eigenvalue weighted by atomic mass is 16.5. The highest BCUT2D eigenvalue weighted by Crippen LogP contribution is 2.26. The molecule has 0 saturated carbocycles. The van der Waals surface area contributed by atoms with Gasteiger partial charge in [0, 0.05) is 37.9 Å². The summed E-state index contributed by atoms with van der Waals surface area (Å²) in [5.74, 6) is 2.41. The molecule has 3 rings (SSSR count). The van der Waals surface area contributed by atoms with E-state index in [-0.39, 0.29) is 6.04 Å². The minimum atomic E-state index is 0.237. The van der Waals surface area contributed by atoms with Gasteiger partial charge in [-0.05, 0) is 30.9 Å². The number of aryl methyl sites for hydroxylation is 1. The zero-order valence-electron chi connectivity index (χ0n) is 15.6. The summed E-state index contributed by atoms with van der Waals surface area (Å²) in [6.07, 6.45) is 3.88. The van der Waals surface area contributed by atoms with Crippen molar-refractivity contribution in [3.8, 4) is 5.75 Å². The number of anilines is 1. The van der Waals surface area contributed by atoms with Crippen molar-refractivity contribution in [3.63, 3.8) is 0 Å². The lowest BCUT2D eigenvalue weighted by Crippen LogP contribution is -2.45. The van der Waals surface area contributed by atoms with Crippen molar-refractivity contribution in [2.24, 2.45) is 13.0 Å². The lowest BCUT2D eigenvalue weighted by atomic mass is 9.98. The van der Waals surface area contributed by atoms with Gasteiger partial charge in [-0.25, -0.2) is 4.98 Å².